The Morgan fingerprint density at radius 2 is 2.30 bits per heavy atom. The van der Waals surface area contributed by atoms with E-state index < -0.39 is 0 Å². The van der Waals surface area contributed by atoms with E-state index in [4.69, 9.17) is 5.73 Å². The Kier molecular flexibility index (Phi) is 3.40. The van der Waals surface area contributed by atoms with Crippen LogP contribution in [0.4, 0.5) is 5.95 Å². The highest BCUT2D eigenvalue weighted by Crippen LogP contribution is 2.23. The van der Waals surface area contributed by atoms with Gasteiger partial charge in [-0.15, -0.1) is 5.10 Å². The molecule has 2 aromatic rings. The molecule has 0 spiro atoms. The van der Waals surface area contributed by atoms with Gasteiger partial charge in [-0.3, -0.25) is 10.1 Å². The van der Waals surface area contributed by atoms with Crippen molar-refractivity contribution in [3.05, 3.63) is 23.9 Å². The van der Waals surface area contributed by atoms with Crippen LogP contribution in [-0.2, 0) is 0 Å². The van der Waals surface area contributed by atoms with E-state index in [0.29, 0.717) is 11.8 Å². The Labute approximate surface area is 118 Å². The third-order valence-electron chi connectivity index (χ3n) is 4.01. The molecule has 3 heterocycles. The van der Waals surface area contributed by atoms with Gasteiger partial charge in [0.15, 0.2) is 5.82 Å². The Hall–Kier alpha value is -1.95. The highest BCUT2D eigenvalue weighted by molar-refractivity contribution is 5.55. The average molecular weight is 272 g/mol. The van der Waals surface area contributed by atoms with Crippen molar-refractivity contribution in [2.75, 3.05) is 11.4 Å². The summed E-state index contributed by atoms with van der Waals surface area (Å²) < 4.78 is 0. The molecule has 6 nitrogen and oxygen atoms in total. The van der Waals surface area contributed by atoms with Crippen LogP contribution in [0.15, 0.2) is 18.3 Å². The van der Waals surface area contributed by atoms with E-state index in [1.54, 1.807) is 6.20 Å². The van der Waals surface area contributed by atoms with Crippen LogP contribution in [0.25, 0.3) is 11.5 Å². The van der Waals surface area contributed by atoms with E-state index in [-0.39, 0.29) is 12.1 Å². The number of hydrogen-bond acceptors (Lipinski definition) is 5. The van der Waals surface area contributed by atoms with Gasteiger partial charge in [-0.2, -0.15) is 4.98 Å². The van der Waals surface area contributed by atoms with E-state index in [1.807, 2.05) is 19.1 Å². The second kappa shape index (κ2) is 5.20. The molecule has 106 valence electrons. The van der Waals surface area contributed by atoms with Crippen molar-refractivity contribution < 1.29 is 0 Å². The first-order chi connectivity index (χ1) is 9.66. The molecule has 3 rings (SSSR count). The molecule has 1 fully saturated rings. The fraction of sp³-hybridized carbons (Fsp3) is 0.500. The van der Waals surface area contributed by atoms with Crippen LogP contribution in [0.3, 0.4) is 0 Å². The smallest absolute Gasteiger partial charge is 0.245 e. The summed E-state index contributed by atoms with van der Waals surface area (Å²) in [4.78, 5) is 11.1. The number of hydrogen-bond donors (Lipinski definition) is 2. The number of anilines is 1. The molecule has 0 saturated carbocycles. The first kappa shape index (κ1) is 13.1. The van der Waals surface area contributed by atoms with E-state index in [1.165, 1.54) is 0 Å². The summed E-state index contributed by atoms with van der Waals surface area (Å²) in [5, 5.41) is 7.33. The highest BCUT2D eigenvalue weighted by atomic mass is 15.4. The third kappa shape index (κ3) is 2.27. The van der Waals surface area contributed by atoms with Gasteiger partial charge in [0.05, 0.1) is 0 Å². The van der Waals surface area contributed by atoms with Crippen molar-refractivity contribution in [3.63, 3.8) is 0 Å². The Balaban J connectivity index is 1.89. The minimum absolute atomic E-state index is 0.183. The molecule has 0 bridgehead atoms. The van der Waals surface area contributed by atoms with Gasteiger partial charge in [-0.25, -0.2) is 0 Å². The number of rotatable bonds is 2. The van der Waals surface area contributed by atoms with Crippen molar-refractivity contribution in [2.45, 2.75) is 38.8 Å². The lowest BCUT2D eigenvalue weighted by molar-refractivity contribution is 0.416. The maximum Gasteiger partial charge on any atom is 0.245 e. The molecule has 0 radical (unpaired) electrons. The summed E-state index contributed by atoms with van der Waals surface area (Å²) >= 11 is 0. The topological polar surface area (TPSA) is 83.7 Å². The van der Waals surface area contributed by atoms with Crippen LogP contribution < -0.4 is 10.6 Å². The molecule has 2 atom stereocenters. The summed E-state index contributed by atoms with van der Waals surface area (Å²) in [6.45, 7) is 5.10. The lowest BCUT2D eigenvalue weighted by atomic mass is 9.99. The predicted molar refractivity (Wildman–Crippen MR) is 78.4 cm³/mol. The fourth-order valence-corrected chi connectivity index (χ4v) is 2.68. The summed E-state index contributed by atoms with van der Waals surface area (Å²) in [6.07, 6.45) is 3.91. The molecule has 1 aliphatic heterocycles. The zero-order valence-corrected chi connectivity index (χ0v) is 11.9. The van der Waals surface area contributed by atoms with Gasteiger partial charge >= 0.3 is 0 Å². The van der Waals surface area contributed by atoms with Crippen molar-refractivity contribution >= 4 is 5.95 Å². The van der Waals surface area contributed by atoms with Crippen molar-refractivity contribution in [1.29, 1.82) is 0 Å². The summed E-state index contributed by atoms with van der Waals surface area (Å²) in [5.41, 5.74) is 8.06. The summed E-state index contributed by atoms with van der Waals surface area (Å²) in [7, 11) is 0. The van der Waals surface area contributed by atoms with Gasteiger partial charge in [0.25, 0.3) is 0 Å². The van der Waals surface area contributed by atoms with Gasteiger partial charge in [-0.05, 0) is 38.3 Å². The number of aryl methyl sites for hydroxylation is 1. The SMILES string of the molecule is Cc1cccnc1-c1nc(N2CCCC(N)C2C)n[nH]1. The van der Waals surface area contributed by atoms with Gasteiger partial charge < -0.3 is 10.6 Å². The van der Waals surface area contributed by atoms with Crippen LogP contribution in [0.1, 0.15) is 25.3 Å². The van der Waals surface area contributed by atoms with Gasteiger partial charge in [0, 0.05) is 24.8 Å². The molecule has 1 saturated heterocycles. The molecule has 2 unspecified atom stereocenters. The van der Waals surface area contributed by atoms with Crippen molar-refractivity contribution in [1.82, 2.24) is 20.2 Å². The fourth-order valence-electron chi connectivity index (χ4n) is 2.68. The number of pyridine rings is 1. The van der Waals surface area contributed by atoms with Gasteiger partial charge in [-0.1, -0.05) is 6.07 Å². The van der Waals surface area contributed by atoms with E-state index >= 15 is 0 Å². The Bertz CT molecular complexity index is 593. The molecule has 2 aromatic heterocycles. The lowest BCUT2D eigenvalue weighted by Gasteiger charge is -2.36. The van der Waals surface area contributed by atoms with E-state index in [2.05, 4.69) is 32.0 Å². The van der Waals surface area contributed by atoms with Crippen molar-refractivity contribution in [2.24, 2.45) is 5.73 Å². The molecular weight excluding hydrogens is 252 g/mol. The standard InChI is InChI=1S/C14H20N6/c1-9-5-3-7-16-12(9)13-17-14(19-18-13)20-8-4-6-11(15)10(20)2/h3,5,7,10-11H,4,6,8,15H2,1-2H3,(H,17,18,19). The second-order valence-corrected chi connectivity index (χ2v) is 5.39. The average Bonchev–Trinajstić information content (AvgIpc) is 2.92. The normalized spacial score (nSPS) is 23.1. The van der Waals surface area contributed by atoms with Gasteiger partial charge in [0.1, 0.15) is 5.69 Å². The summed E-state index contributed by atoms with van der Waals surface area (Å²) in [5.74, 6) is 1.43. The first-order valence-corrected chi connectivity index (χ1v) is 7.03. The lowest BCUT2D eigenvalue weighted by Crippen LogP contribution is -2.50. The number of nitrogens with one attached hydrogen (secondary N) is 1. The van der Waals surface area contributed by atoms with Crippen LogP contribution in [0, 0.1) is 6.92 Å². The first-order valence-electron chi connectivity index (χ1n) is 7.03. The van der Waals surface area contributed by atoms with Crippen molar-refractivity contribution in [3.8, 4) is 11.5 Å². The van der Waals surface area contributed by atoms with Crippen LogP contribution in [0.2, 0.25) is 0 Å². The molecule has 0 amide bonds. The van der Waals surface area contributed by atoms with E-state index in [9.17, 15) is 0 Å². The Morgan fingerprint density at radius 3 is 3.10 bits per heavy atom. The number of nitrogens with two attached hydrogens (primary N) is 1. The monoisotopic (exact) mass is 272 g/mol. The molecule has 1 aliphatic rings. The minimum Gasteiger partial charge on any atom is -0.335 e. The Morgan fingerprint density at radius 1 is 1.45 bits per heavy atom. The third-order valence-corrected chi connectivity index (χ3v) is 4.01. The molecule has 20 heavy (non-hydrogen) atoms. The molecule has 0 aliphatic carbocycles. The maximum absolute atomic E-state index is 6.13. The molecule has 6 heteroatoms. The van der Waals surface area contributed by atoms with Crippen LogP contribution >= 0.6 is 0 Å². The largest absolute Gasteiger partial charge is 0.335 e. The minimum atomic E-state index is 0.183. The van der Waals surface area contributed by atoms with Crippen LogP contribution in [0.5, 0.6) is 0 Å². The quantitative estimate of drug-likeness (QED) is 0.865. The predicted octanol–water partition coefficient (Wildman–Crippen LogP) is 1.49. The number of aromatic amines is 1. The number of H-pyrrole nitrogens is 1. The molecule has 0 aromatic carbocycles. The van der Waals surface area contributed by atoms with Crippen LogP contribution in [-0.4, -0.2) is 38.8 Å². The highest BCUT2D eigenvalue weighted by Gasteiger charge is 2.28. The number of piperidine rings is 1. The molecular formula is C14H20N6. The maximum atomic E-state index is 6.13. The molecule has 3 N–H and O–H groups in total. The van der Waals surface area contributed by atoms with E-state index in [0.717, 1.165) is 30.6 Å². The zero-order chi connectivity index (χ0) is 14.1. The second-order valence-electron chi connectivity index (χ2n) is 5.39. The number of nitrogens with zero attached hydrogens (tertiary/aromatic N) is 4. The number of aromatic nitrogens is 4. The van der Waals surface area contributed by atoms with Gasteiger partial charge in [0.2, 0.25) is 5.95 Å². The zero-order valence-electron chi connectivity index (χ0n) is 11.9. The summed E-state index contributed by atoms with van der Waals surface area (Å²) in [6, 6.07) is 4.38.